The highest BCUT2D eigenvalue weighted by molar-refractivity contribution is 6.11. The molecule has 1 aromatic carbocycles. The van der Waals surface area contributed by atoms with Crippen LogP contribution in [0.15, 0.2) is 48.7 Å². The minimum atomic E-state index is -0.654. The SMILES string of the molecule is NC(=O)CN1C(=O)C2(CCN(c3ccc4cc[nH]c4n3)C2)c2ccccc21. The number of carbonyl (C=O) groups excluding carboxylic acids is 2. The number of rotatable bonds is 3. The van der Waals surface area contributed by atoms with Crippen LogP contribution >= 0.6 is 0 Å². The third-order valence-electron chi connectivity index (χ3n) is 5.67. The minimum absolute atomic E-state index is 0.0500. The molecule has 0 radical (unpaired) electrons. The van der Waals surface area contributed by atoms with E-state index in [4.69, 9.17) is 10.7 Å². The molecule has 136 valence electrons. The number of hydrogen-bond donors (Lipinski definition) is 2. The number of aromatic nitrogens is 2. The molecule has 27 heavy (non-hydrogen) atoms. The van der Waals surface area contributed by atoms with Crippen LogP contribution in [0.2, 0.25) is 0 Å². The predicted octanol–water partition coefficient (Wildman–Crippen LogP) is 1.54. The highest BCUT2D eigenvalue weighted by Crippen LogP contribution is 2.47. The van der Waals surface area contributed by atoms with Crippen molar-refractivity contribution in [3.8, 4) is 0 Å². The van der Waals surface area contributed by atoms with E-state index < -0.39 is 11.3 Å². The number of nitrogens with zero attached hydrogens (tertiary/aromatic N) is 3. The maximum atomic E-state index is 13.3. The van der Waals surface area contributed by atoms with Crippen molar-refractivity contribution in [3.05, 3.63) is 54.2 Å². The second-order valence-corrected chi connectivity index (χ2v) is 7.21. The van der Waals surface area contributed by atoms with Crippen LogP contribution in [0.3, 0.4) is 0 Å². The first kappa shape index (κ1) is 15.9. The van der Waals surface area contributed by atoms with Gasteiger partial charge in [-0.25, -0.2) is 4.98 Å². The molecule has 2 aliphatic heterocycles. The molecule has 3 aromatic rings. The molecule has 5 rings (SSSR count). The maximum absolute atomic E-state index is 13.3. The lowest BCUT2D eigenvalue weighted by Gasteiger charge is -2.24. The number of nitrogens with two attached hydrogens (primary N) is 1. The van der Waals surface area contributed by atoms with Gasteiger partial charge in [0.15, 0.2) is 0 Å². The molecule has 1 unspecified atom stereocenters. The number of anilines is 2. The summed E-state index contributed by atoms with van der Waals surface area (Å²) in [6.45, 7) is 1.17. The third-order valence-corrected chi connectivity index (χ3v) is 5.67. The zero-order chi connectivity index (χ0) is 18.6. The van der Waals surface area contributed by atoms with Gasteiger partial charge in [0.25, 0.3) is 0 Å². The highest BCUT2D eigenvalue weighted by Gasteiger charge is 2.54. The van der Waals surface area contributed by atoms with Crippen molar-refractivity contribution in [2.45, 2.75) is 11.8 Å². The van der Waals surface area contributed by atoms with Crippen molar-refractivity contribution >= 4 is 34.4 Å². The Morgan fingerprint density at radius 3 is 2.93 bits per heavy atom. The zero-order valence-electron chi connectivity index (χ0n) is 14.7. The summed E-state index contributed by atoms with van der Waals surface area (Å²) in [4.78, 5) is 36.3. The first-order valence-electron chi connectivity index (χ1n) is 8.97. The number of H-pyrrole nitrogens is 1. The average Bonchev–Trinajstić information content (AvgIpc) is 3.36. The van der Waals surface area contributed by atoms with Crippen LogP contribution < -0.4 is 15.5 Å². The fraction of sp³-hybridized carbons (Fsp3) is 0.250. The standard InChI is InChI=1S/C20H19N5O2/c21-16(26)11-25-15-4-2-1-3-14(15)20(19(25)27)8-10-24(12-20)17-6-5-13-7-9-22-18(13)23-17/h1-7,9H,8,10-12H2,(H2,21,26)(H,22,23). The van der Waals surface area contributed by atoms with Crippen LogP contribution in [0, 0.1) is 0 Å². The Morgan fingerprint density at radius 1 is 1.22 bits per heavy atom. The van der Waals surface area contributed by atoms with Crippen LogP contribution in [0.5, 0.6) is 0 Å². The Morgan fingerprint density at radius 2 is 2.07 bits per heavy atom. The van der Waals surface area contributed by atoms with E-state index in [1.807, 2.05) is 48.7 Å². The molecule has 0 saturated carbocycles. The Bertz CT molecular complexity index is 1070. The second-order valence-electron chi connectivity index (χ2n) is 7.21. The van der Waals surface area contributed by atoms with Crippen LogP contribution in [0.1, 0.15) is 12.0 Å². The van der Waals surface area contributed by atoms with Gasteiger partial charge < -0.3 is 20.5 Å². The van der Waals surface area contributed by atoms with Crippen LogP contribution in [-0.4, -0.2) is 41.4 Å². The lowest BCUT2D eigenvalue weighted by molar-refractivity contribution is -0.124. The topological polar surface area (TPSA) is 95.3 Å². The predicted molar refractivity (Wildman–Crippen MR) is 103 cm³/mol. The third kappa shape index (κ3) is 2.24. The average molecular weight is 361 g/mol. The summed E-state index contributed by atoms with van der Waals surface area (Å²) >= 11 is 0. The molecule has 1 fully saturated rings. The molecule has 7 heteroatoms. The van der Waals surface area contributed by atoms with E-state index in [9.17, 15) is 9.59 Å². The minimum Gasteiger partial charge on any atom is -0.368 e. The fourth-order valence-electron chi connectivity index (χ4n) is 4.41. The summed E-state index contributed by atoms with van der Waals surface area (Å²) in [5.74, 6) is 0.287. The molecule has 2 aromatic heterocycles. The van der Waals surface area contributed by atoms with Crippen molar-refractivity contribution < 1.29 is 9.59 Å². The number of para-hydroxylation sites is 1. The second kappa shape index (κ2) is 5.57. The molecule has 2 aliphatic rings. The summed E-state index contributed by atoms with van der Waals surface area (Å²) in [5.41, 5.74) is 7.32. The number of nitrogens with one attached hydrogen (secondary N) is 1. The zero-order valence-corrected chi connectivity index (χ0v) is 14.7. The van der Waals surface area contributed by atoms with Crippen molar-refractivity contribution in [3.63, 3.8) is 0 Å². The molecule has 3 N–H and O–H groups in total. The number of hydrogen-bond acceptors (Lipinski definition) is 4. The number of primary amides is 1. The van der Waals surface area contributed by atoms with Crippen LogP contribution in [0.25, 0.3) is 11.0 Å². The van der Waals surface area contributed by atoms with Crippen molar-refractivity contribution in [1.29, 1.82) is 0 Å². The van der Waals surface area contributed by atoms with E-state index in [0.717, 1.165) is 34.6 Å². The molecule has 0 bridgehead atoms. The first-order valence-corrected chi connectivity index (χ1v) is 8.97. The monoisotopic (exact) mass is 361 g/mol. The van der Waals surface area contributed by atoms with E-state index in [1.54, 1.807) is 0 Å². The van der Waals surface area contributed by atoms with E-state index in [0.29, 0.717) is 13.0 Å². The molecular formula is C20H19N5O2. The van der Waals surface area contributed by atoms with Gasteiger partial charge in [-0.05, 0) is 36.2 Å². The summed E-state index contributed by atoms with van der Waals surface area (Å²) in [5, 5.41) is 1.06. The lowest BCUT2D eigenvalue weighted by Crippen LogP contribution is -2.45. The molecule has 7 nitrogen and oxygen atoms in total. The summed E-state index contributed by atoms with van der Waals surface area (Å²) in [7, 11) is 0. The maximum Gasteiger partial charge on any atom is 0.240 e. The summed E-state index contributed by atoms with van der Waals surface area (Å²) in [6, 6.07) is 13.7. The Hall–Kier alpha value is -3.35. The highest BCUT2D eigenvalue weighted by atomic mass is 16.2. The van der Waals surface area contributed by atoms with Gasteiger partial charge in [-0.3, -0.25) is 9.59 Å². The van der Waals surface area contributed by atoms with E-state index in [1.165, 1.54) is 4.90 Å². The van der Waals surface area contributed by atoms with E-state index in [-0.39, 0.29) is 12.5 Å². The number of carbonyl (C=O) groups is 2. The van der Waals surface area contributed by atoms with Gasteiger partial charge in [-0.1, -0.05) is 18.2 Å². The van der Waals surface area contributed by atoms with Gasteiger partial charge in [0, 0.05) is 30.4 Å². The van der Waals surface area contributed by atoms with E-state index in [2.05, 4.69) is 9.88 Å². The van der Waals surface area contributed by atoms with Crippen LogP contribution in [0.4, 0.5) is 11.5 Å². The lowest BCUT2D eigenvalue weighted by atomic mass is 9.81. The van der Waals surface area contributed by atoms with Gasteiger partial charge >= 0.3 is 0 Å². The Labute approximate surface area is 155 Å². The van der Waals surface area contributed by atoms with Gasteiger partial charge in [-0.15, -0.1) is 0 Å². The normalized spacial score (nSPS) is 21.4. The Balaban J connectivity index is 1.53. The van der Waals surface area contributed by atoms with Crippen molar-refractivity contribution in [2.24, 2.45) is 5.73 Å². The first-order chi connectivity index (χ1) is 13.1. The smallest absolute Gasteiger partial charge is 0.240 e. The molecule has 1 spiro atoms. The fourth-order valence-corrected chi connectivity index (χ4v) is 4.41. The van der Waals surface area contributed by atoms with Crippen molar-refractivity contribution in [1.82, 2.24) is 9.97 Å². The number of amides is 2. The Kier molecular flexibility index (Phi) is 3.28. The number of aromatic amines is 1. The van der Waals surface area contributed by atoms with E-state index >= 15 is 0 Å². The van der Waals surface area contributed by atoms with Gasteiger partial charge in [-0.2, -0.15) is 0 Å². The summed E-state index contributed by atoms with van der Waals surface area (Å²) < 4.78 is 0. The molecular weight excluding hydrogens is 342 g/mol. The number of pyridine rings is 1. The number of fused-ring (bicyclic) bond motifs is 3. The molecule has 1 atom stereocenters. The van der Waals surface area contributed by atoms with Gasteiger partial charge in [0.05, 0.1) is 5.41 Å². The molecule has 2 amide bonds. The van der Waals surface area contributed by atoms with Gasteiger partial charge in [0.1, 0.15) is 18.0 Å². The quantitative estimate of drug-likeness (QED) is 0.740. The summed E-state index contributed by atoms with van der Waals surface area (Å²) in [6.07, 6.45) is 2.55. The number of benzene rings is 1. The van der Waals surface area contributed by atoms with Crippen LogP contribution in [-0.2, 0) is 15.0 Å². The molecule has 4 heterocycles. The molecule has 0 aliphatic carbocycles. The van der Waals surface area contributed by atoms with Crippen molar-refractivity contribution in [2.75, 3.05) is 29.4 Å². The molecule has 1 saturated heterocycles. The largest absolute Gasteiger partial charge is 0.368 e. The van der Waals surface area contributed by atoms with Gasteiger partial charge in [0.2, 0.25) is 11.8 Å².